The van der Waals surface area contributed by atoms with Crippen molar-refractivity contribution in [3.63, 3.8) is 0 Å². The highest BCUT2D eigenvalue weighted by atomic mass is 16.5. The van der Waals surface area contributed by atoms with E-state index in [1.165, 1.54) is 6.07 Å². The van der Waals surface area contributed by atoms with E-state index in [1.807, 2.05) is 26.0 Å². The van der Waals surface area contributed by atoms with Crippen molar-refractivity contribution >= 4 is 22.6 Å². The lowest BCUT2D eigenvalue weighted by molar-refractivity contribution is 0.102. The van der Waals surface area contributed by atoms with Crippen LogP contribution in [0.2, 0.25) is 0 Å². The third-order valence-electron chi connectivity index (χ3n) is 4.45. The van der Waals surface area contributed by atoms with Gasteiger partial charge in [0.05, 0.1) is 7.11 Å². The molecule has 6 heteroatoms. The van der Waals surface area contributed by atoms with Crippen molar-refractivity contribution < 1.29 is 13.9 Å². The summed E-state index contributed by atoms with van der Waals surface area (Å²) >= 11 is 0. The molecule has 0 atom stereocenters. The Kier molecular flexibility index (Phi) is 4.76. The fraction of sp³-hybridized carbons (Fsp3) is 0.238. The molecule has 3 N–H and O–H groups in total. The monoisotopic (exact) mass is 366 g/mol. The number of carbonyl (C=O) groups is 1. The molecule has 27 heavy (non-hydrogen) atoms. The van der Waals surface area contributed by atoms with Gasteiger partial charge in [-0.05, 0) is 56.7 Å². The lowest BCUT2D eigenvalue weighted by atomic mass is 9.95. The van der Waals surface area contributed by atoms with Crippen LogP contribution in [0, 0.1) is 6.92 Å². The first kappa shape index (κ1) is 18.7. The molecule has 3 aromatic rings. The van der Waals surface area contributed by atoms with E-state index < -0.39 is 17.1 Å². The van der Waals surface area contributed by atoms with Crippen LogP contribution < -0.4 is 21.4 Å². The molecule has 0 fully saturated rings. The highest BCUT2D eigenvalue weighted by Gasteiger charge is 2.17. The van der Waals surface area contributed by atoms with E-state index in [4.69, 9.17) is 14.9 Å². The third-order valence-corrected chi connectivity index (χ3v) is 4.45. The lowest BCUT2D eigenvalue weighted by Crippen LogP contribution is -2.28. The molecular formula is C21H22N2O4. The standard InChI is InChI=1S/C21H22N2O4/c1-12-17(26-4)10-5-13-11-16(20(25)27-18(12)13)19(24)23-15-8-6-14(7-9-15)21(2,3)22/h5-11H,22H2,1-4H3,(H,23,24). The molecule has 3 rings (SSSR count). The second-order valence-electron chi connectivity index (χ2n) is 7.01. The minimum Gasteiger partial charge on any atom is -0.496 e. The van der Waals surface area contributed by atoms with E-state index in [9.17, 15) is 9.59 Å². The highest BCUT2D eigenvalue weighted by molar-refractivity contribution is 6.05. The van der Waals surface area contributed by atoms with Crippen molar-refractivity contribution in [1.29, 1.82) is 0 Å². The summed E-state index contributed by atoms with van der Waals surface area (Å²) in [5, 5.41) is 3.37. The van der Waals surface area contributed by atoms with Crippen LogP contribution in [0.4, 0.5) is 5.69 Å². The molecular weight excluding hydrogens is 344 g/mol. The van der Waals surface area contributed by atoms with Gasteiger partial charge in [0, 0.05) is 22.2 Å². The minimum absolute atomic E-state index is 0.0599. The summed E-state index contributed by atoms with van der Waals surface area (Å²) in [6, 6.07) is 12.2. The number of carbonyl (C=O) groups excluding carboxylic acids is 1. The van der Waals surface area contributed by atoms with E-state index in [-0.39, 0.29) is 5.56 Å². The molecule has 2 aromatic carbocycles. The Bertz CT molecular complexity index is 1060. The van der Waals surface area contributed by atoms with Crippen molar-refractivity contribution in [3.05, 3.63) is 69.6 Å². The van der Waals surface area contributed by atoms with Crippen molar-refractivity contribution in [2.24, 2.45) is 5.73 Å². The number of nitrogens with one attached hydrogen (secondary N) is 1. The van der Waals surface area contributed by atoms with Gasteiger partial charge in [-0.15, -0.1) is 0 Å². The largest absolute Gasteiger partial charge is 0.496 e. The number of amides is 1. The first-order chi connectivity index (χ1) is 12.7. The maximum absolute atomic E-state index is 12.5. The molecule has 6 nitrogen and oxygen atoms in total. The number of hydrogen-bond acceptors (Lipinski definition) is 5. The molecule has 0 spiro atoms. The van der Waals surface area contributed by atoms with Gasteiger partial charge in [0.2, 0.25) is 0 Å². The number of rotatable bonds is 4. The Morgan fingerprint density at radius 3 is 2.41 bits per heavy atom. The van der Waals surface area contributed by atoms with Crippen LogP contribution in [0.25, 0.3) is 11.0 Å². The summed E-state index contributed by atoms with van der Waals surface area (Å²) in [7, 11) is 1.55. The first-order valence-electron chi connectivity index (χ1n) is 8.53. The molecule has 0 aliphatic carbocycles. The van der Waals surface area contributed by atoms with Crippen LogP contribution in [-0.4, -0.2) is 13.0 Å². The van der Waals surface area contributed by atoms with Crippen LogP contribution >= 0.6 is 0 Å². The maximum atomic E-state index is 12.5. The van der Waals surface area contributed by atoms with Gasteiger partial charge in [-0.2, -0.15) is 0 Å². The Labute approximate surface area is 156 Å². The molecule has 0 saturated carbocycles. The van der Waals surface area contributed by atoms with Crippen LogP contribution in [-0.2, 0) is 5.54 Å². The SMILES string of the molecule is COc1ccc2cc(C(=O)Nc3ccc(C(C)(C)N)cc3)c(=O)oc2c1C. The Balaban J connectivity index is 1.92. The van der Waals surface area contributed by atoms with Crippen molar-refractivity contribution in [2.45, 2.75) is 26.3 Å². The van der Waals surface area contributed by atoms with Crippen LogP contribution in [0.3, 0.4) is 0 Å². The molecule has 1 amide bonds. The predicted molar refractivity (Wildman–Crippen MR) is 105 cm³/mol. The van der Waals surface area contributed by atoms with Gasteiger partial charge in [-0.25, -0.2) is 4.79 Å². The van der Waals surface area contributed by atoms with Gasteiger partial charge >= 0.3 is 5.63 Å². The van der Waals surface area contributed by atoms with Gasteiger partial charge in [-0.3, -0.25) is 4.79 Å². The quantitative estimate of drug-likeness (QED) is 0.689. The average Bonchev–Trinajstić information content (AvgIpc) is 2.62. The molecule has 0 unspecified atom stereocenters. The zero-order valence-corrected chi connectivity index (χ0v) is 15.8. The molecule has 0 aliphatic rings. The maximum Gasteiger partial charge on any atom is 0.349 e. The van der Waals surface area contributed by atoms with Gasteiger partial charge in [-0.1, -0.05) is 12.1 Å². The number of benzene rings is 2. The molecule has 0 bridgehead atoms. The molecule has 1 heterocycles. The summed E-state index contributed by atoms with van der Waals surface area (Å²) in [5.74, 6) is 0.0876. The van der Waals surface area contributed by atoms with E-state index in [2.05, 4.69) is 5.32 Å². The number of anilines is 1. The normalized spacial score (nSPS) is 11.4. The molecule has 0 aliphatic heterocycles. The van der Waals surface area contributed by atoms with E-state index in [1.54, 1.807) is 38.3 Å². The second-order valence-corrected chi connectivity index (χ2v) is 7.01. The molecule has 0 saturated heterocycles. The fourth-order valence-corrected chi connectivity index (χ4v) is 2.87. The zero-order valence-electron chi connectivity index (χ0n) is 15.8. The van der Waals surface area contributed by atoms with Crippen molar-refractivity contribution in [2.75, 3.05) is 12.4 Å². The molecule has 1 aromatic heterocycles. The third kappa shape index (κ3) is 3.71. The van der Waals surface area contributed by atoms with Gasteiger partial charge in [0.15, 0.2) is 0 Å². The summed E-state index contributed by atoms with van der Waals surface area (Å²) in [6.07, 6.45) is 0. The number of fused-ring (bicyclic) bond motifs is 1. The van der Waals surface area contributed by atoms with Gasteiger partial charge < -0.3 is 20.2 Å². The average molecular weight is 366 g/mol. The Morgan fingerprint density at radius 1 is 1.15 bits per heavy atom. The van der Waals surface area contributed by atoms with Crippen LogP contribution in [0.5, 0.6) is 5.75 Å². The van der Waals surface area contributed by atoms with Crippen LogP contribution in [0.15, 0.2) is 51.7 Å². The second kappa shape index (κ2) is 6.89. The zero-order chi connectivity index (χ0) is 19.8. The number of hydrogen-bond donors (Lipinski definition) is 2. The van der Waals surface area contributed by atoms with E-state index >= 15 is 0 Å². The summed E-state index contributed by atoms with van der Waals surface area (Å²) in [5.41, 5.74) is 7.45. The lowest BCUT2D eigenvalue weighted by Gasteiger charge is -2.19. The fourth-order valence-electron chi connectivity index (χ4n) is 2.87. The summed E-state index contributed by atoms with van der Waals surface area (Å²) < 4.78 is 10.6. The smallest absolute Gasteiger partial charge is 0.349 e. The number of nitrogens with two attached hydrogens (primary N) is 1. The Morgan fingerprint density at radius 2 is 1.81 bits per heavy atom. The Hall–Kier alpha value is -3.12. The van der Waals surface area contributed by atoms with E-state index in [0.29, 0.717) is 28.0 Å². The molecule has 140 valence electrons. The van der Waals surface area contributed by atoms with Gasteiger partial charge in [0.25, 0.3) is 5.91 Å². The van der Waals surface area contributed by atoms with Crippen molar-refractivity contribution in [1.82, 2.24) is 0 Å². The van der Waals surface area contributed by atoms with Gasteiger partial charge in [0.1, 0.15) is 16.9 Å². The number of methoxy groups -OCH3 is 1. The predicted octanol–water partition coefficient (Wildman–Crippen LogP) is 3.56. The van der Waals surface area contributed by atoms with E-state index in [0.717, 1.165) is 5.56 Å². The van der Waals surface area contributed by atoms with Crippen molar-refractivity contribution in [3.8, 4) is 5.75 Å². The highest BCUT2D eigenvalue weighted by Crippen LogP contribution is 2.26. The number of ether oxygens (including phenoxy) is 1. The van der Waals surface area contributed by atoms with Crippen LogP contribution in [0.1, 0.15) is 35.3 Å². The molecule has 0 radical (unpaired) electrons. The summed E-state index contributed by atoms with van der Waals surface area (Å²) in [6.45, 7) is 5.60. The minimum atomic E-state index is -0.698. The topological polar surface area (TPSA) is 94.6 Å². The summed E-state index contributed by atoms with van der Waals surface area (Å²) in [4.78, 5) is 24.9. The number of aryl methyl sites for hydroxylation is 1. The first-order valence-corrected chi connectivity index (χ1v) is 8.53.